The number of hydrazine groups is 1. The Hall–Kier alpha value is -1.81. The summed E-state index contributed by atoms with van der Waals surface area (Å²) in [6, 6.07) is 0. The first-order chi connectivity index (χ1) is 6.06. The van der Waals surface area contributed by atoms with Crippen molar-refractivity contribution in [1.29, 1.82) is 0 Å². The lowest BCUT2D eigenvalue weighted by Crippen LogP contribution is -2.34. The van der Waals surface area contributed by atoms with Crippen molar-refractivity contribution in [2.75, 3.05) is 11.5 Å². The van der Waals surface area contributed by atoms with Crippen molar-refractivity contribution in [3.05, 3.63) is 0 Å². The Labute approximate surface area is 78.9 Å². The normalized spacial score (nSPS) is 8.08. The molecule has 0 saturated heterocycles. The summed E-state index contributed by atoms with van der Waals surface area (Å²) in [4.78, 5) is 0. The van der Waals surface area contributed by atoms with E-state index in [4.69, 9.17) is 17.2 Å². The number of aromatic nitrogens is 4. The zero-order valence-electron chi connectivity index (χ0n) is 6.51. The third-order valence-corrected chi connectivity index (χ3v) is 0.770. The molecule has 0 aliphatic heterocycles. The molecular formula is C3H9N9S. The van der Waals surface area contributed by atoms with Gasteiger partial charge in [0.25, 0.3) is 11.9 Å². The molecule has 72 valence electrons. The van der Waals surface area contributed by atoms with Crippen LogP contribution in [0.4, 0.5) is 11.9 Å². The van der Waals surface area contributed by atoms with Crippen molar-refractivity contribution in [3.8, 4) is 0 Å². The monoisotopic (exact) mass is 203 g/mol. The van der Waals surface area contributed by atoms with Gasteiger partial charge < -0.3 is 22.6 Å². The molecular weight excluding hydrogens is 194 g/mol. The Bertz CT molecular complexity index is 235. The van der Waals surface area contributed by atoms with Gasteiger partial charge in [-0.15, -0.1) is 20.4 Å². The van der Waals surface area contributed by atoms with E-state index in [0.717, 1.165) is 0 Å². The van der Waals surface area contributed by atoms with Crippen LogP contribution in [0, 0.1) is 0 Å². The zero-order chi connectivity index (χ0) is 10.3. The second-order valence-corrected chi connectivity index (χ2v) is 2.06. The maximum absolute atomic E-state index is 5.02. The maximum atomic E-state index is 5.02. The van der Waals surface area contributed by atoms with Gasteiger partial charge in [-0.2, -0.15) is 0 Å². The number of thiocarbonyl (C=S) groups is 1. The lowest BCUT2D eigenvalue weighted by atomic mass is 11.1. The SMILES string of the molecule is NNC(N)=S.Nc1nnc(N)nn1. The summed E-state index contributed by atoms with van der Waals surface area (Å²) in [5.41, 5.74) is 16.9. The topological polar surface area (TPSA) is 168 Å². The van der Waals surface area contributed by atoms with Gasteiger partial charge in [-0.05, 0) is 12.2 Å². The highest BCUT2D eigenvalue weighted by atomic mass is 32.1. The van der Waals surface area contributed by atoms with E-state index < -0.39 is 0 Å². The number of nitrogens with one attached hydrogen (secondary N) is 1. The summed E-state index contributed by atoms with van der Waals surface area (Å²) < 4.78 is 0. The molecule has 9 N–H and O–H groups in total. The summed E-state index contributed by atoms with van der Waals surface area (Å²) in [6.07, 6.45) is 0. The molecule has 0 aromatic carbocycles. The smallest absolute Gasteiger partial charge is 0.259 e. The second kappa shape index (κ2) is 5.79. The molecule has 0 aliphatic carbocycles. The lowest BCUT2D eigenvalue weighted by Gasteiger charge is -1.85. The Morgan fingerprint density at radius 2 is 1.31 bits per heavy atom. The lowest BCUT2D eigenvalue weighted by molar-refractivity contribution is 0.886. The predicted octanol–water partition coefficient (Wildman–Crippen LogP) is -2.88. The summed E-state index contributed by atoms with van der Waals surface area (Å²) in [6.45, 7) is 0. The van der Waals surface area contributed by atoms with Gasteiger partial charge in [0.05, 0.1) is 0 Å². The van der Waals surface area contributed by atoms with E-state index in [2.05, 4.69) is 38.5 Å². The largest absolute Gasteiger partial charge is 0.375 e. The van der Waals surface area contributed by atoms with E-state index in [9.17, 15) is 0 Å². The first-order valence-electron chi connectivity index (χ1n) is 2.90. The van der Waals surface area contributed by atoms with E-state index in [1.54, 1.807) is 0 Å². The Morgan fingerprint density at radius 3 is 1.46 bits per heavy atom. The van der Waals surface area contributed by atoms with Gasteiger partial charge in [-0.1, -0.05) is 0 Å². The minimum atomic E-state index is 0.0270. The molecule has 1 rings (SSSR count). The highest BCUT2D eigenvalue weighted by molar-refractivity contribution is 7.80. The van der Waals surface area contributed by atoms with Crippen LogP contribution in [0.3, 0.4) is 0 Å². The summed E-state index contributed by atoms with van der Waals surface area (Å²) in [7, 11) is 0. The van der Waals surface area contributed by atoms with Crippen LogP contribution in [0.1, 0.15) is 0 Å². The predicted molar refractivity (Wildman–Crippen MR) is 50.6 cm³/mol. The minimum absolute atomic E-state index is 0.0270. The molecule has 9 nitrogen and oxygen atoms in total. The van der Waals surface area contributed by atoms with Crippen molar-refractivity contribution < 1.29 is 0 Å². The van der Waals surface area contributed by atoms with Gasteiger partial charge in [0.2, 0.25) is 0 Å². The number of hydrogen-bond donors (Lipinski definition) is 5. The fraction of sp³-hybridized carbons (Fsp3) is 0. The fourth-order valence-electron chi connectivity index (χ4n) is 0.245. The van der Waals surface area contributed by atoms with E-state index in [0.29, 0.717) is 0 Å². The molecule has 0 unspecified atom stereocenters. The Kier molecular flexibility index (Phi) is 4.99. The first-order valence-corrected chi connectivity index (χ1v) is 3.31. The molecule has 0 fully saturated rings. The fourth-order valence-corrected chi connectivity index (χ4v) is 0.245. The van der Waals surface area contributed by atoms with Crippen LogP contribution in [-0.4, -0.2) is 25.5 Å². The standard InChI is InChI=1S/C2H4N6.CH5N3S/c3-1-5-7-2(4)8-6-1;2-1(5)4-3/h(H2,3,5,6)(H2,4,7,8);3H2,(H3,2,4,5). The van der Waals surface area contributed by atoms with Gasteiger partial charge >= 0.3 is 0 Å². The maximum Gasteiger partial charge on any atom is 0.259 e. The van der Waals surface area contributed by atoms with Crippen LogP contribution in [-0.2, 0) is 0 Å². The molecule has 0 aliphatic rings. The number of anilines is 2. The quantitative estimate of drug-likeness (QED) is 0.168. The second-order valence-electron chi connectivity index (χ2n) is 1.62. The van der Waals surface area contributed by atoms with Crippen LogP contribution < -0.4 is 28.5 Å². The first kappa shape index (κ1) is 11.2. The summed E-state index contributed by atoms with van der Waals surface area (Å²) in [5.74, 6) is 4.71. The van der Waals surface area contributed by atoms with Crippen molar-refractivity contribution in [2.45, 2.75) is 0 Å². The molecule has 0 radical (unpaired) electrons. The van der Waals surface area contributed by atoms with Crippen LogP contribution in [0.5, 0.6) is 0 Å². The number of rotatable bonds is 0. The van der Waals surface area contributed by atoms with Gasteiger partial charge in [0.1, 0.15) is 0 Å². The molecule has 0 amide bonds. The van der Waals surface area contributed by atoms with Crippen molar-refractivity contribution in [2.24, 2.45) is 11.6 Å². The minimum Gasteiger partial charge on any atom is -0.375 e. The van der Waals surface area contributed by atoms with Gasteiger partial charge in [-0.3, -0.25) is 0 Å². The molecule has 0 bridgehead atoms. The molecule has 1 aromatic rings. The summed E-state index contributed by atoms with van der Waals surface area (Å²) in [5, 5.41) is 13.3. The average Bonchev–Trinajstić information content (AvgIpc) is 2.11. The number of nitrogens with two attached hydrogens (primary N) is 4. The van der Waals surface area contributed by atoms with Crippen molar-refractivity contribution in [1.82, 2.24) is 25.8 Å². The third kappa shape index (κ3) is 6.58. The molecule has 0 spiro atoms. The number of hydrogen-bond acceptors (Lipinski definition) is 8. The van der Waals surface area contributed by atoms with Crippen molar-refractivity contribution >= 4 is 29.2 Å². The van der Waals surface area contributed by atoms with Crippen LogP contribution in [0.2, 0.25) is 0 Å². The number of nitrogens with zero attached hydrogens (tertiary/aromatic N) is 4. The van der Waals surface area contributed by atoms with Gasteiger partial charge in [0.15, 0.2) is 5.11 Å². The molecule has 0 saturated carbocycles. The molecule has 13 heavy (non-hydrogen) atoms. The van der Waals surface area contributed by atoms with Crippen molar-refractivity contribution in [3.63, 3.8) is 0 Å². The van der Waals surface area contributed by atoms with Gasteiger partial charge in [-0.25, -0.2) is 5.84 Å². The third-order valence-electron chi connectivity index (χ3n) is 0.652. The molecule has 1 aromatic heterocycles. The van der Waals surface area contributed by atoms with Crippen LogP contribution >= 0.6 is 12.2 Å². The van der Waals surface area contributed by atoms with E-state index >= 15 is 0 Å². The van der Waals surface area contributed by atoms with Crippen LogP contribution in [0.15, 0.2) is 0 Å². The zero-order valence-corrected chi connectivity index (χ0v) is 7.32. The Morgan fingerprint density at radius 1 is 1.08 bits per heavy atom. The highest BCUT2D eigenvalue weighted by Gasteiger charge is 1.87. The number of nitrogen functional groups attached to an aromatic ring is 2. The molecule has 1 heterocycles. The molecule has 10 heteroatoms. The van der Waals surface area contributed by atoms with E-state index in [1.165, 1.54) is 0 Å². The Balaban J connectivity index is 0.000000252. The molecule has 0 atom stereocenters. The van der Waals surface area contributed by atoms with Crippen LogP contribution in [0.25, 0.3) is 0 Å². The van der Waals surface area contributed by atoms with E-state index in [1.807, 2.05) is 5.43 Å². The van der Waals surface area contributed by atoms with E-state index in [-0.39, 0.29) is 17.0 Å². The average molecular weight is 203 g/mol. The summed E-state index contributed by atoms with van der Waals surface area (Å²) >= 11 is 4.24. The highest BCUT2D eigenvalue weighted by Crippen LogP contribution is 1.82. The van der Waals surface area contributed by atoms with Gasteiger partial charge in [0, 0.05) is 0 Å².